The van der Waals surface area contributed by atoms with E-state index in [-0.39, 0.29) is 11.8 Å². The molecule has 2 aromatic carbocycles. The Morgan fingerprint density at radius 3 is 2.29 bits per heavy atom. The molecule has 0 unspecified atom stereocenters. The minimum Gasteiger partial charge on any atom is -0.351 e. The Bertz CT molecular complexity index is 825. The second-order valence-electron chi connectivity index (χ2n) is 5.79. The lowest BCUT2D eigenvalue weighted by molar-refractivity contribution is -0.113. The third-order valence-corrected chi connectivity index (χ3v) is 4.74. The van der Waals surface area contributed by atoms with Crippen LogP contribution in [-0.2, 0) is 4.79 Å². The lowest BCUT2D eigenvalue weighted by atomic mass is 9.90. The fourth-order valence-electron chi connectivity index (χ4n) is 2.80. The summed E-state index contributed by atoms with van der Waals surface area (Å²) in [5.74, 6) is 0.0148. The molecule has 122 valence electrons. The van der Waals surface area contributed by atoms with Crippen molar-refractivity contribution in [1.82, 2.24) is 10.6 Å². The molecular weight excluding hydrogens is 384 g/mol. The topological polar surface area (TPSA) is 41.1 Å². The van der Waals surface area contributed by atoms with Crippen molar-refractivity contribution >= 4 is 44.7 Å². The predicted molar refractivity (Wildman–Crippen MR) is 105 cm³/mol. The van der Waals surface area contributed by atoms with Gasteiger partial charge in [0.15, 0.2) is 10.9 Å². The van der Waals surface area contributed by atoms with Crippen molar-refractivity contribution in [2.45, 2.75) is 19.9 Å². The van der Waals surface area contributed by atoms with E-state index in [1.54, 1.807) is 6.92 Å². The zero-order valence-corrected chi connectivity index (χ0v) is 15.8. The Balaban J connectivity index is 2.15. The Morgan fingerprint density at radius 2 is 1.71 bits per heavy atom. The Labute approximate surface area is 155 Å². The predicted octanol–water partition coefficient (Wildman–Crippen LogP) is 4.28. The van der Waals surface area contributed by atoms with Crippen LogP contribution in [0.3, 0.4) is 0 Å². The maximum atomic E-state index is 12.4. The van der Waals surface area contributed by atoms with Gasteiger partial charge >= 0.3 is 0 Å². The van der Waals surface area contributed by atoms with Crippen LogP contribution in [0.15, 0.2) is 58.6 Å². The third kappa shape index (κ3) is 3.42. The summed E-state index contributed by atoms with van der Waals surface area (Å²) in [6.45, 7) is 3.63. The molecule has 1 aliphatic heterocycles. The number of nitrogens with one attached hydrogen (secondary N) is 2. The summed E-state index contributed by atoms with van der Waals surface area (Å²) in [7, 11) is 0. The van der Waals surface area contributed by atoms with Crippen LogP contribution >= 0.6 is 28.1 Å². The van der Waals surface area contributed by atoms with Gasteiger partial charge in [0.1, 0.15) is 0 Å². The van der Waals surface area contributed by atoms with Gasteiger partial charge in [0, 0.05) is 10.0 Å². The van der Waals surface area contributed by atoms with Gasteiger partial charge in [-0.15, -0.1) is 0 Å². The minimum atomic E-state index is -0.263. The van der Waals surface area contributed by atoms with Crippen molar-refractivity contribution in [2.24, 2.45) is 0 Å². The number of carbonyl (C=O) groups excluding carboxylic acids is 1. The summed E-state index contributed by atoms with van der Waals surface area (Å²) < 4.78 is 0.995. The maximum absolute atomic E-state index is 12.4. The SMILES string of the molecule is CC(=O)C1=C(c2ccc(C)cc2)NC(=S)N[C@H]1c1ccc(Br)cc1. The van der Waals surface area contributed by atoms with Crippen LogP contribution < -0.4 is 10.6 Å². The molecule has 0 aromatic heterocycles. The van der Waals surface area contributed by atoms with Gasteiger partial charge in [0.05, 0.1) is 11.7 Å². The lowest BCUT2D eigenvalue weighted by Gasteiger charge is -2.31. The van der Waals surface area contributed by atoms with E-state index in [4.69, 9.17) is 12.2 Å². The lowest BCUT2D eigenvalue weighted by Crippen LogP contribution is -2.44. The second kappa shape index (κ2) is 6.87. The number of hydrogen-bond acceptors (Lipinski definition) is 2. The van der Waals surface area contributed by atoms with E-state index in [1.165, 1.54) is 5.56 Å². The van der Waals surface area contributed by atoms with E-state index in [9.17, 15) is 4.79 Å². The van der Waals surface area contributed by atoms with Crippen molar-refractivity contribution in [3.8, 4) is 0 Å². The van der Waals surface area contributed by atoms with E-state index in [2.05, 4.69) is 26.6 Å². The van der Waals surface area contributed by atoms with Crippen molar-refractivity contribution in [1.29, 1.82) is 0 Å². The first-order valence-electron chi connectivity index (χ1n) is 7.61. The zero-order chi connectivity index (χ0) is 17.3. The van der Waals surface area contributed by atoms with Crippen LogP contribution in [0, 0.1) is 6.92 Å². The highest BCUT2D eigenvalue weighted by Gasteiger charge is 2.30. The highest BCUT2D eigenvalue weighted by molar-refractivity contribution is 9.10. The Hall–Kier alpha value is -1.98. The number of ketones is 1. The maximum Gasteiger partial charge on any atom is 0.171 e. The number of rotatable bonds is 3. The molecule has 0 saturated heterocycles. The third-order valence-electron chi connectivity index (χ3n) is 3.99. The first-order chi connectivity index (χ1) is 11.5. The van der Waals surface area contributed by atoms with Crippen molar-refractivity contribution in [3.63, 3.8) is 0 Å². The van der Waals surface area contributed by atoms with E-state index in [1.807, 2.05) is 55.5 Å². The highest BCUT2D eigenvalue weighted by atomic mass is 79.9. The van der Waals surface area contributed by atoms with Gasteiger partial charge in [0.2, 0.25) is 0 Å². The van der Waals surface area contributed by atoms with E-state index < -0.39 is 0 Å². The smallest absolute Gasteiger partial charge is 0.171 e. The number of aryl methyl sites for hydroxylation is 1. The van der Waals surface area contributed by atoms with Gasteiger partial charge in [-0.25, -0.2) is 0 Å². The molecule has 2 aromatic rings. The van der Waals surface area contributed by atoms with Crippen LogP contribution in [0.2, 0.25) is 0 Å². The van der Waals surface area contributed by atoms with Crippen molar-refractivity contribution in [2.75, 3.05) is 0 Å². The average Bonchev–Trinajstić information content (AvgIpc) is 2.55. The molecule has 2 N–H and O–H groups in total. The van der Waals surface area contributed by atoms with Crippen LogP contribution in [0.1, 0.15) is 29.7 Å². The van der Waals surface area contributed by atoms with E-state index in [0.29, 0.717) is 10.7 Å². The van der Waals surface area contributed by atoms with Gasteiger partial charge in [-0.05, 0) is 49.3 Å². The fourth-order valence-corrected chi connectivity index (χ4v) is 3.28. The van der Waals surface area contributed by atoms with E-state index in [0.717, 1.165) is 21.3 Å². The molecule has 5 heteroatoms. The molecule has 24 heavy (non-hydrogen) atoms. The molecule has 0 spiro atoms. The largest absolute Gasteiger partial charge is 0.351 e. The molecule has 0 fully saturated rings. The van der Waals surface area contributed by atoms with Gasteiger partial charge in [-0.3, -0.25) is 4.79 Å². The number of thiocarbonyl (C=S) groups is 1. The zero-order valence-electron chi connectivity index (χ0n) is 13.4. The molecule has 0 aliphatic carbocycles. The van der Waals surface area contributed by atoms with Gasteiger partial charge in [-0.1, -0.05) is 57.9 Å². The van der Waals surface area contributed by atoms with Crippen LogP contribution in [0.4, 0.5) is 0 Å². The van der Waals surface area contributed by atoms with Crippen LogP contribution in [0.5, 0.6) is 0 Å². The number of halogens is 1. The molecule has 1 atom stereocenters. The number of carbonyl (C=O) groups is 1. The fraction of sp³-hybridized carbons (Fsp3) is 0.158. The van der Waals surface area contributed by atoms with E-state index >= 15 is 0 Å². The number of Topliss-reactive ketones (excluding diaryl/α,β-unsaturated/α-hetero) is 1. The summed E-state index contributed by atoms with van der Waals surface area (Å²) in [6.07, 6.45) is 0. The molecule has 1 heterocycles. The second-order valence-corrected chi connectivity index (χ2v) is 7.12. The van der Waals surface area contributed by atoms with Crippen molar-refractivity contribution in [3.05, 3.63) is 75.3 Å². The van der Waals surface area contributed by atoms with Crippen LogP contribution in [-0.4, -0.2) is 10.9 Å². The molecule has 0 saturated carbocycles. The monoisotopic (exact) mass is 400 g/mol. The highest BCUT2D eigenvalue weighted by Crippen LogP contribution is 2.32. The number of hydrogen-bond donors (Lipinski definition) is 2. The molecule has 1 aliphatic rings. The summed E-state index contributed by atoms with van der Waals surface area (Å²) in [6, 6.07) is 15.7. The Morgan fingerprint density at radius 1 is 1.08 bits per heavy atom. The molecule has 3 rings (SSSR count). The van der Waals surface area contributed by atoms with Crippen molar-refractivity contribution < 1.29 is 4.79 Å². The molecule has 0 radical (unpaired) electrons. The molecular formula is C19H17BrN2OS. The molecule has 0 bridgehead atoms. The standard InChI is InChI=1S/C19H17BrN2OS/c1-11-3-5-13(6-4-11)17-16(12(2)23)18(22-19(24)21-17)14-7-9-15(20)10-8-14/h3-10,18H,1-2H3,(H2,21,22,24)/t18-/m0/s1. The first kappa shape index (κ1) is 16.9. The summed E-state index contributed by atoms with van der Waals surface area (Å²) >= 11 is 8.82. The van der Waals surface area contributed by atoms with Gasteiger partial charge < -0.3 is 10.6 Å². The summed E-state index contributed by atoms with van der Waals surface area (Å²) in [5.41, 5.74) is 4.59. The summed E-state index contributed by atoms with van der Waals surface area (Å²) in [5, 5.41) is 6.90. The van der Waals surface area contributed by atoms with Crippen LogP contribution in [0.25, 0.3) is 5.70 Å². The van der Waals surface area contributed by atoms with Gasteiger partial charge in [-0.2, -0.15) is 0 Å². The average molecular weight is 401 g/mol. The number of benzene rings is 2. The molecule has 0 amide bonds. The minimum absolute atomic E-state index is 0.0148. The first-order valence-corrected chi connectivity index (χ1v) is 8.81. The Kier molecular flexibility index (Phi) is 4.83. The normalized spacial score (nSPS) is 17.3. The summed E-state index contributed by atoms with van der Waals surface area (Å²) in [4.78, 5) is 12.4. The molecule has 3 nitrogen and oxygen atoms in total. The quantitative estimate of drug-likeness (QED) is 0.754. The van der Waals surface area contributed by atoms with Gasteiger partial charge in [0.25, 0.3) is 0 Å².